The van der Waals surface area contributed by atoms with Crippen LogP contribution in [0, 0.1) is 0 Å². The molecule has 4 N–H and O–H groups in total. The topological polar surface area (TPSA) is 103 Å². The Labute approximate surface area is 199 Å². The van der Waals surface area contributed by atoms with E-state index >= 15 is 0 Å². The second kappa shape index (κ2) is 9.53. The third-order valence-electron chi connectivity index (χ3n) is 5.23. The van der Waals surface area contributed by atoms with Crippen molar-refractivity contribution in [2.45, 2.75) is 18.4 Å². The Bertz CT molecular complexity index is 1380. The summed E-state index contributed by atoms with van der Waals surface area (Å²) in [6, 6.07) is 8.54. The van der Waals surface area contributed by atoms with E-state index in [0.29, 0.717) is 27.8 Å². The number of nitrogens with one attached hydrogen (secondary N) is 2. The zero-order valence-electron chi connectivity index (χ0n) is 18.3. The Hall–Kier alpha value is -4.07. The van der Waals surface area contributed by atoms with E-state index in [2.05, 4.69) is 15.4 Å². The fourth-order valence-electron chi connectivity index (χ4n) is 3.54. The molecule has 0 aliphatic heterocycles. The average Bonchev–Trinajstić information content (AvgIpc) is 3.44. The molecule has 1 unspecified atom stereocenters. The van der Waals surface area contributed by atoms with E-state index in [1.165, 1.54) is 24.8 Å². The largest absolute Gasteiger partial charge is 0.412 e. The number of aromatic nitrogens is 4. The van der Waals surface area contributed by atoms with Gasteiger partial charge in [0.1, 0.15) is 12.9 Å². The van der Waals surface area contributed by atoms with E-state index in [-0.39, 0.29) is 5.69 Å². The fraction of sp³-hybridized carbons (Fsp3) is 0.227. The predicted molar refractivity (Wildman–Crippen MR) is 120 cm³/mol. The molecule has 2 amide bonds. The molecular formula is C22H19F6N7O. The van der Waals surface area contributed by atoms with Crippen LogP contribution in [-0.4, -0.2) is 50.8 Å². The number of imidazole rings is 1. The number of hydrogen-bond donors (Lipinski definition) is 3. The molecule has 1 atom stereocenters. The minimum atomic E-state index is -4.54. The second-order valence-electron chi connectivity index (χ2n) is 7.79. The van der Waals surface area contributed by atoms with Gasteiger partial charge >= 0.3 is 18.4 Å². The first-order valence-electron chi connectivity index (χ1n) is 10.4. The summed E-state index contributed by atoms with van der Waals surface area (Å²) in [7, 11) is 0. The number of alkyl halides is 6. The SMILES string of the molecule is NCC(n1cc(-c2ccc3c(c2)ncn3-c2cccc(NC(=O)NCC(F)(F)F)c2)cn1)C(F)(F)F. The summed E-state index contributed by atoms with van der Waals surface area (Å²) in [4.78, 5) is 16.1. The summed E-state index contributed by atoms with van der Waals surface area (Å²) < 4.78 is 78.8. The van der Waals surface area contributed by atoms with Crippen LogP contribution >= 0.6 is 0 Å². The summed E-state index contributed by atoms with van der Waals surface area (Å²) in [6.45, 7) is -2.11. The number of urea groups is 1. The monoisotopic (exact) mass is 511 g/mol. The van der Waals surface area contributed by atoms with E-state index in [9.17, 15) is 31.1 Å². The number of nitrogens with two attached hydrogens (primary N) is 1. The van der Waals surface area contributed by atoms with Crippen LogP contribution in [0.3, 0.4) is 0 Å². The van der Waals surface area contributed by atoms with Gasteiger partial charge in [-0.05, 0) is 35.9 Å². The minimum Gasteiger partial charge on any atom is -0.329 e. The molecule has 2 heterocycles. The molecule has 8 nitrogen and oxygen atoms in total. The quantitative estimate of drug-likeness (QED) is 0.329. The van der Waals surface area contributed by atoms with Gasteiger partial charge < -0.3 is 16.4 Å². The van der Waals surface area contributed by atoms with E-state index in [0.717, 1.165) is 4.68 Å². The number of fused-ring (bicyclic) bond motifs is 1. The Kier molecular flexibility index (Phi) is 6.63. The molecule has 0 fully saturated rings. The highest BCUT2D eigenvalue weighted by Crippen LogP contribution is 2.31. The van der Waals surface area contributed by atoms with Gasteiger partial charge in [-0.2, -0.15) is 31.4 Å². The number of carbonyl (C=O) groups is 1. The minimum absolute atomic E-state index is 0.261. The van der Waals surface area contributed by atoms with Gasteiger partial charge in [-0.15, -0.1) is 0 Å². The number of rotatable bonds is 6. The highest BCUT2D eigenvalue weighted by molar-refractivity contribution is 5.90. The maximum atomic E-state index is 13.1. The van der Waals surface area contributed by atoms with Gasteiger partial charge in [0, 0.05) is 29.7 Å². The molecule has 2 aromatic heterocycles. The first kappa shape index (κ1) is 25.0. The molecule has 0 aliphatic carbocycles. The molecule has 0 spiro atoms. The third kappa shape index (κ3) is 5.59. The number of benzene rings is 2. The number of nitrogens with zero attached hydrogens (tertiary/aromatic N) is 4. The Morgan fingerprint density at radius 1 is 1.06 bits per heavy atom. The van der Waals surface area contributed by atoms with Crippen molar-refractivity contribution in [3.63, 3.8) is 0 Å². The van der Waals surface area contributed by atoms with Crippen LogP contribution in [0.5, 0.6) is 0 Å². The van der Waals surface area contributed by atoms with Gasteiger partial charge in [0.25, 0.3) is 0 Å². The zero-order valence-corrected chi connectivity index (χ0v) is 18.3. The standard InChI is InChI=1S/C22H19F6N7O/c23-21(24,25)11-30-20(36)33-15-2-1-3-16(7-15)34-12-31-17-6-13(4-5-18(17)34)14-9-32-35(10-14)19(8-29)22(26,27)28/h1-7,9-10,12,19H,8,11,29H2,(H2,30,33,36). The molecule has 4 aromatic rings. The van der Waals surface area contributed by atoms with Crippen LogP contribution in [0.1, 0.15) is 6.04 Å². The third-order valence-corrected chi connectivity index (χ3v) is 5.23. The van der Waals surface area contributed by atoms with Crippen LogP contribution < -0.4 is 16.4 Å². The summed E-state index contributed by atoms with van der Waals surface area (Å²) in [6.07, 6.45) is -4.98. The van der Waals surface area contributed by atoms with Crippen LogP contribution in [-0.2, 0) is 0 Å². The Morgan fingerprint density at radius 3 is 2.53 bits per heavy atom. The van der Waals surface area contributed by atoms with Crippen molar-refractivity contribution in [2.24, 2.45) is 5.73 Å². The second-order valence-corrected chi connectivity index (χ2v) is 7.79. The molecule has 4 rings (SSSR count). The van der Waals surface area contributed by atoms with Gasteiger partial charge in [-0.1, -0.05) is 12.1 Å². The smallest absolute Gasteiger partial charge is 0.329 e. The number of hydrogen-bond acceptors (Lipinski definition) is 4. The highest BCUT2D eigenvalue weighted by atomic mass is 19.4. The number of carbonyl (C=O) groups excluding carboxylic acids is 1. The Balaban J connectivity index is 1.56. The average molecular weight is 511 g/mol. The van der Waals surface area contributed by atoms with E-state index in [4.69, 9.17) is 5.73 Å². The summed E-state index contributed by atoms with van der Waals surface area (Å²) in [5.74, 6) is 0. The van der Waals surface area contributed by atoms with Gasteiger partial charge in [-0.3, -0.25) is 9.25 Å². The van der Waals surface area contributed by atoms with Crippen LogP contribution in [0.25, 0.3) is 27.8 Å². The molecular weight excluding hydrogens is 492 g/mol. The van der Waals surface area contributed by atoms with Gasteiger partial charge in [0.2, 0.25) is 0 Å². The van der Waals surface area contributed by atoms with Crippen LogP contribution in [0.2, 0.25) is 0 Å². The zero-order chi connectivity index (χ0) is 26.1. The van der Waals surface area contributed by atoms with Gasteiger partial charge in [0.15, 0.2) is 6.04 Å². The summed E-state index contributed by atoms with van der Waals surface area (Å²) >= 11 is 0. The van der Waals surface area contributed by atoms with Crippen molar-refractivity contribution in [1.29, 1.82) is 0 Å². The van der Waals surface area contributed by atoms with Crippen molar-refractivity contribution in [3.05, 3.63) is 61.2 Å². The van der Waals surface area contributed by atoms with Crippen molar-refractivity contribution < 1.29 is 31.1 Å². The molecule has 190 valence electrons. The lowest BCUT2D eigenvalue weighted by Gasteiger charge is -2.18. The Morgan fingerprint density at radius 2 is 1.83 bits per heavy atom. The number of anilines is 1. The molecule has 14 heteroatoms. The molecule has 0 radical (unpaired) electrons. The van der Waals surface area contributed by atoms with Crippen molar-refractivity contribution in [3.8, 4) is 16.8 Å². The van der Waals surface area contributed by atoms with Crippen molar-refractivity contribution in [1.82, 2.24) is 24.6 Å². The van der Waals surface area contributed by atoms with Crippen LogP contribution in [0.15, 0.2) is 61.2 Å². The molecule has 0 bridgehead atoms. The number of halogens is 6. The lowest BCUT2D eigenvalue weighted by atomic mass is 10.1. The molecule has 0 aliphatic rings. The van der Waals surface area contributed by atoms with E-state index < -0.39 is 37.5 Å². The predicted octanol–water partition coefficient (Wildman–Crippen LogP) is 4.63. The normalized spacial score (nSPS) is 13.1. The molecule has 36 heavy (non-hydrogen) atoms. The van der Waals surface area contributed by atoms with E-state index in [1.807, 2.05) is 0 Å². The fourth-order valence-corrected chi connectivity index (χ4v) is 3.54. The molecule has 0 saturated carbocycles. The highest BCUT2D eigenvalue weighted by Gasteiger charge is 2.40. The summed E-state index contributed by atoms with van der Waals surface area (Å²) in [5, 5.41) is 7.88. The maximum absolute atomic E-state index is 13.1. The van der Waals surface area contributed by atoms with E-state index in [1.54, 1.807) is 46.3 Å². The summed E-state index contributed by atoms with van der Waals surface area (Å²) in [5.41, 5.74) is 8.34. The van der Waals surface area contributed by atoms with Crippen LogP contribution in [0.4, 0.5) is 36.8 Å². The van der Waals surface area contributed by atoms with Crippen molar-refractivity contribution >= 4 is 22.8 Å². The first-order chi connectivity index (χ1) is 16.9. The number of amides is 2. The van der Waals surface area contributed by atoms with Crippen molar-refractivity contribution in [2.75, 3.05) is 18.4 Å². The lowest BCUT2D eigenvalue weighted by Crippen LogP contribution is -2.36. The lowest BCUT2D eigenvalue weighted by molar-refractivity contribution is -0.167. The molecule has 0 saturated heterocycles. The maximum Gasteiger partial charge on any atom is 0.412 e. The first-order valence-corrected chi connectivity index (χ1v) is 10.4. The van der Waals surface area contributed by atoms with Gasteiger partial charge in [-0.25, -0.2) is 9.78 Å². The van der Waals surface area contributed by atoms with Gasteiger partial charge in [0.05, 0.1) is 17.2 Å². The molecule has 2 aromatic carbocycles.